The highest BCUT2D eigenvalue weighted by atomic mass is 127. The molecule has 27 heavy (non-hydrogen) atoms. The Labute approximate surface area is 175 Å². The van der Waals surface area contributed by atoms with Crippen LogP contribution >= 0.6 is 34.2 Å². The van der Waals surface area contributed by atoms with Crippen molar-refractivity contribution in [2.24, 2.45) is 0 Å². The number of methoxy groups -OCH3 is 1. The second-order valence-corrected chi connectivity index (χ2v) is 7.33. The molecule has 0 bridgehead atoms. The Kier molecular flexibility index (Phi) is 8.24. The molecule has 0 aliphatic heterocycles. The van der Waals surface area contributed by atoms with E-state index >= 15 is 0 Å². The Bertz CT molecular complexity index is 818. The maximum Gasteiger partial charge on any atom is 0.277 e. The number of aliphatic hydroxyl groups is 1. The summed E-state index contributed by atoms with van der Waals surface area (Å²) in [6.45, 7) is 1.60. The molecule has 1 atom stereocenters. The van der Waals surface area contributed by atoms with Gasteiger partial charge in [-0.05, 0) is 65.4 Å². The first-order chi connectivity index (χ1) is 12.8. The van der Waals surface area contributed by atoms with Gasteiger partial charge in [-0.3, -0.25) is 9.63 Å². The van der Waals surface area contributed by atoms with Gasteiger partial charge in [0.1, 0.15) is 18.5 Å². The van der Waals surface area contributed by atoms with Crippen molar-refractivity contribution in [1.82, 2.24) is 5.48 Å². The molecule has 146 valence electrons. The van der Waals surface area contributed by atoms with Crippen LogP contribution in [0.5, 0.6) is 0 Å². The molecule has 0 aliphatic rings. The maximum absolute atomic E-state index is 14.0. The van der Waals surface area contributed by atoms with Crippen molar-refractivity contribution in [2.75, 3.05) is 25.6 Å². The summed E-state index contributed by atoms with van der Waals surface area (Å²) in [5.41, 5.74) is 4.26. The Morgan fingerprint density at radius 2 is 2.07 bits per heavy atom. The van der Waals surface area contributed by atoms with Crippen molar-refractivity contribution >= 4 is 51.5 Å². The number of anilines is 2. The van der Waals surface area contributed by atoms with Gasteiger partial charge in [-0.25, -0.2) is 9.87 Å². The van der Waals surface area contributed by atoms with Crippen LogP contribution < -0.4 is 10.8 Å². The largest absolute Gasteiger partial charge is 0.394 e. The van der Waals surface area contributed by atoms with Crippen LogP contribution in [0.15, 0.2) is 30.3 Å². The fraction of sp³-hybridized carbons (Fsp3) is 0.278. The minimum absolute atomic E-state index is 0.0489. The highest BCUT2D eigenvalue weighted by Crippen LogP contribution is 2.29. The molecule has 9 heteroatoms. The van der Waals surface area contributed by atoms with Gasteiger partial charge in [0, 0.05) is 16.4 Å². The van der Waals surface area contributed by atoms with Crippen LogP contribution in [-0.4, -0.2) is 37.4 Å². The van der Waals surface area contributed by atoms with Crippen LogP contribution in [-0.2, 0) is 9.57 Å². The summed E-state index contributed by atoms with van der Waals surface area (Å²) in [5, 5.41) is 11.9. The molecule has 0 radical (unpaired) electrons. The van der Waals surface area contributed by atoms with Gasteiger partial charge >= 0.3 is 0 Å². The molecule has 0 saturated carbocycles. The van der Waals surface area contributed by atoms with E-state index in [0.29, 0.717) is 0 Å². The smallest absolute Gasteiger partial charge is 0.277 e. The van der Waals surface area contributed by atoms with Crippen molar-refractivity contribution in [2.45, 2.75) is 13.0 Å². The molecule has 0 fully saturated rings. The first-order valence-electron chi connectivity index (χ1n) is 7.93. The number of halogens is 3. The normalized spacial score (nSPS) is 11.9. The van der Waals surface area contributed by atoms with Crippen molar-refractivity contribution in [3.05, 3.63) is 55.9 Å². The third-order valence-electron chi connectivity index (χ3n) is 3.73. The number of hydroxylamine groups is 1. The van der Waals surface area contributed by atoms with E-state index in [1.807, 2.05) is 25.1 Å². The number of aliphatic hydroxyl groups excluding tert-OH is 1. The van der Waals surface area contributed by atoms with E-state index in [0.717, 1.165) is 20.9 Å². The number of nitrogens with one attached hydrogen (secondary N) is 2. The summed E-state index contributed by atoms with van der Waals surface area (Å²) >= 11 is 8.03. The number of ether oxygens (including phenoxy) is 1. The predicted molar refractivity (Wildman–Crippen MR) is 110 cm³/mol. The van der Waals surface area contributed by atoms with Gasteiger partial charge in [-0.15, -0.1) is 0 Å². The topological polar surface area (TPSA) is 79.8 Å². The van der Waals surface area contributed by atoms with E-state index in [4.69, 9.17) is 26.3 Å². The molecule has 2 rings (SSSR count). The van der Waals surface area contributed by atoms with Crippen LogP contribution in [0.3, 0.4) is 0 Å². The number of benzene rings is 2. The molecule has 3 N–H and O–H groups in total. The van der Waals surface area contributed by atoms with Crippen LogP contribution in [0, 0.1) is 16.3 Å². The van der Waals surface area contributed by atoms with E-state index in [1.165, 1.54) is 13.2 Å². The second kappa shape index (κ2) is 10.2. The van der Waals surface area contributed by atoms with E-state index < -0.39 is 17.8 Å². The van der Waals surface area contributed by atoms with Gasteiger partial charge in [-0.1, -0.05) is 11.6 Å². The van der Waals surface area contributed by atoms with Gasteiger partial charge in [0.15, 0.2) is 0 Å². The lowest BCUT2D eigenvalue weighted by Crippen LogP contribution is -2.31. The number of aryl methyl sites for hydroxylation is 1. The molecular weight excluding hydrogens is 490 g/mol. The quantitative estimate of drug-likeness (QED) is 0.373. The fourth-order valence-electron chi connectivity index (χ4n) is 2.20. The Morgan fingerprint density at radius 3 is 2.70 bits per heavy atom. The van der Waals surface area contributed by atoms with Crippen molar-refractivity contribution in [3.63, 3.8) is 0 Å². The Balaban J connectivity index is 2.22. The molecule has 0 heterocycles. The zero-order valence-corrected chi connectivity index (χ0v) is 17.6. The highest BCUT2D eigenvalue weighted by molar-refractivity contribution is 14.1. The standard InChI is InChI=1S/C18H19ClFIN2O4/c1-10-5-11(21)3-4-16(10)22-17-7-15(20)14(19)6-13(17)18(25)23-27-9-12(8-24)26-2/h3-7,12,22,24H,8-9H2,1-2H3,(H,23,25). The summed E-state index contributed by atoms with van der Waals surface area (Å²) < 4.78 is 20.0. The number of hydrogen-bond donors (Lipinski definition) is 3. The molecule has 2 aromatic carbocycles. The molecule has 0 saturated heterocycles. The summed E-state index contributed by atoms with van der Waals surface area (Å²) in [6.07, 6.45) is -0.575. The van der Waals surface area contributed by atoms with Gasteiger partial charge in [0.2, 0.25) is 0 Å². The van der Waals surface area contributed by atoms with E-state index in [9.17, 15) is 9.18 Å². The summed E-state index contributed by atoms with van der Waals surface area (Å²) in [4.78, 5) is 17.5. The fourth-order valence-corrected chi connectivity index (χ4v) is 3.01. The van der Waals surface area contributed by atoms with Crippen molar-refractivity contribution in [3.8, 4) is 0 Å². The lowest BCUT2D eigenvalue weighted by atomic mass is 10.1. The number of amides is 1. The van der Waals surface area contributed by atoms with Gasteiger partial charge in [-0.2, -0.15) is 0 Å². The molecule has 6 nitrogen and oxygen atoms in total. The zero-order valence-electron chi connectivity index (χ0n) is 14.7. The number of carbonyl (C=O) groups excluding carboxylic acids is 1. The van der Waals surface area contributed by atoms with Gasteiger partial charge in [0.05, 0.1) is 22.9 Å². The SMILES string of the molecule is COC(CO)CONC(=O)c1cc(Cl)c(F)cc1Nc1ccc(I)cc1C. The van der Waals surface area contributed by atoms with Crippen LogP contribution in [0.25, 0.3) is 0 Å². The first-order valence-corrected chi connectivity index (χ1v) is 9.39. The predicted octanol–water partition coefficient (Wildman–Crippen LogP) is 3.80. The third kappa shape index (κ3) is 6.01. The van der Waals surface area contributed by atoms with Crippen molar-refractivity contribution < 1.29 is 23.9 Å². The number of carbonyl (C=O) groups is 1. The van der Waals surface area contributed by atoms with Gasteiger partial charge in [0.25, 0.3) is 5.91 Å². The third-order valence-corrected chi connectivity index (χ3v) is 4.69. The average Bonchev–Trinajstić information content (AvgIpc) is 2.63. The van der Waals surface area contributed by atoms with Crippen molar-refractivity contribution in [1.29, 1.82) is 0 Å². The summed E-state index contributed by atoms with van der Waals surface area (Å²) in [6, 6.07) is 8.06. The molecule has 0 aliphatic carbocycles. The number of rotatable bonds is 8. The maximum atomic E-state index is 14.0. The summed E-state index contributed by atoms with van der Waals surface area (Å²) in [5.74, 6) is -1.27. The van der Waals surface area contributed by atoms with E-state index in [-0.39, 0.29) is 29.5 Å². The monoisotopic (exact) mass is 508 g/mol. The Hall–Kier alpha value is -1.46. The van der Waals surface area contributed by atoms with Crippen LogP contribution in [0.4, 0.5) is 15.8 Å². The zero-order chi connectivity index (χ0) is 20.0. The second-order valence-electron chi connectivity index (χ2n) is 5.68. The average molecular weight is 509 g/mol. The van der Waals surface area contributed by atoms with Crippen LogP contribution in [0.2, 0.25) is 5.02 Å². The highest BCUT2D eigenvalue weighted by Gasteiger charge is 2.17. The lowest BCUT2D eigenvalue weighted by Gasteiger charge is -2.16. The first kappa shape index (κ1) is 21.8. The number of hydrogen-bond acceptors (Lipinski definition) is 5. The molecule has 1 unspecified atom stereocenters. The minimum Gasteiger partial charge on any atom is -0.394 e. The molecule has 0 aromatic heterocycles. The molecule has 2 aromatic rings. The van der Waals surface area contributed by atoms with E-state index in [2.05, 4.69) is 33.4 Å². The van der Waals surface area contributed by atoms with Gasteiger partial charge < -0.3 is 15.2 Å². The minimum atomic E-state index is -0.653. The summed E-state index contributed by atoms with van der Waals surface area (Å²) in [7, 11) is 1.41. The molecular formula is C18H19ClFIN2O4. The van der Waals surface area contributed by atoms with E-state index in [1.54, 1.807) is 0 Å². The molecule has 0 spiro atoms. The molecule has 1 amide bonds. The van der Waals surface area contributed by atoms with Crippen LogP contribution in [0.1, 0.15) is 15.9 Å². The Morgan fingerprint density at radius 1 is 1.33 bits per heavy atom. The lowest BCUT2D eigenvalue weighted by molar-refractivity contribution is -0.0469.